The zero-order valence-corrected chi connectivity index (χ0v) is 14.4. The number of carbonyl (C=O) groups excluding carboxylic acids is 3. The smallest absolute Gasteiger partial charge is 0.344 e. The van der Waals surface area contributed by atoms with E-state index in [0.29, 0.717) is 23.3 Å². The third-order valence-corrected chi connectivity index (χ3v) is 3.46. The number of Topliss-reactive ketones (excluding diaryl/α,β-unsaturated/α-hetero) is 1. The monoisotopic (exact) mass is 358 g/mol. The number of hydrogen-bond donors (Lipinski definition) is 0. The highest BCUT2D eigenvalue weighted by atomic mass is 16.6. The lowest BCUT2D eigenvalue weighted by molar-refractivity contribution is -0.144. The average molecular weight is 358 g/mol. The van der Waals surface area contributed by atoms with Gasteiger partial charge in [-0.1, -0.05) is 12.1 Å². The van der Waals surface area contributed by atoms with Crippen LogP contribution in [-0.2, 0) is 9.53 Å². The molecule has 0 aromatic heterocycles. The molecule has 0 aliphatic carbocycles. The molecule has 0 heterocycles. The van der Waals surface area contributed by atoms with Crippen molar-refractivity contribution in [3.63, 3.8) is 0 Å². The van der Waals surface area contributed by atoms with Crippen LogP contribution in [0.25, 0.3) is 0 Å². The quantitative estimate of drug-likeness (QED) is 0.386. The maximum Gasteiger partial charge on any atom is 0.344 e. The molecule has 26 heavy (non-hydrogen) atoms. The van der Waals surface area contributed by atoms with Gasteiger partial charge in [0.2, 0.25) is 5.78 Å². The van der Waals surface area contributed by atoms with Crippen LogP contribution in [0, 0.1) is 0 Å². The number of rotatable bonds is 9. The molecule has 2 aromatic rings. The van der Waals surface area contributed by atoms with E-state index in [0.717, 1.165) is 0 Å². The SMILES string of the molecule is COc1ccc(OC)c(C(=O)COC(=O)COc2ccccc2C=O)c1. The van der Waals surface area contributed by atoms with Gasteiger partial charge in [-0.25, -0.2) is 4.79 Å². The van der Waals surface area contributed by atoms with E-state index < -0.39 is 25.0 Å². The molecule has 2 aromatic carbocycles. The third-order valence-electron chi connectivity index (χ3n) is 3.46. The largest absolute Gasteiger partial charge is 0.497 e. The number of hydrogen-bond acceptors (Lipinski definition) is 7. The zero-order chi connectivity index (χ0) is 18.9. The number of para-hydroxylation sites is 1. The van der Waals surface area contributed by atoms with Crippen molar-refractivity contribution in [3.05, 3.63) is 53.6 Å². The third kappa shape index (κ3) is 4.83. The van der Waals surface area contributed by atoms with Crippen LogP contribution in [0.4, 0.5) is 0 Å². The number of aldehydes is 1. The normalized spacial score (nSPS) is 9.92. The Bertz CT molecular complexity index is 798. The highest BCUT2D eigenvalue weighted by molar-refractivity contribution is 6.00. The van der Waals surface area contributed by atoms with E-state index in [2.05, 4.69) is 0 Å². The Morgan fingerprint density at radius 2 is 1.73 bits per heavy atom. The Labute approximate surface area is 150 Å². The predicted octanol–water partition coefficient (Wildman–Crippen LogP) is 2.32. The van der Waals surface area contributed by atoms with Crippen molar-refractivity contribution in [2.45, 2.75) is 0 Å². The summed E-state index contributed by atoms with van der Waals surface area (Å²) in [4.78, 5) is 35.0. The van der Waals surface area contributed by atoms with Gasteiger partial charge >= 0.3 is 5.97 Å². The summed E-state index contributed by atoms with van der Waals surface area (Å²) >= 11 is 0. The number of methoxy groups -OCH3 is 2. The van der Waals surface area contributed by atoms with E-state index in [1.807, 2.05) is 0 Å². The highest BCUT2D eigenvalue weighted by Gasteiger charge is 2.16. The van der Waals surface area contributed by atoms with E-state index in [4.69, 9.17) is 18.9 Å². The van der Waals surface area contributed by atoms with Gasteiger partial charge in [0.05, 0.1) is 25.3 Å². The lowest BCUT2D eigenvalue weighted by Gasteiger charge is -2.11. The van der Waals surface area contributed by atoms with Crippen molar-refractivity contribution in [3.8, 4) is 17.2 Å². The zero-order valence-electron chi connectivity index (χ0n) is 14.4. The predicted molar refractivity (Wildman–Crippen MR) is 92.2 cm³/mol. The number of ether oxygens (including phenoxy) is 4. The van der Waals surface area contributed by atoms with Crippen molar-refractivity contribution in [2.75, 3.05) is 27.4 Å². The minimum Gasteiger partial charge on any atom is -0.497 e. The standard InChI is InChI=1S/C19H18O7/c1-23-14-7-8-18(24-2)15(9-14)16(21)11-26-19(22)12-25-17-6-4-3-5-13(17)10-20/h3-10H,11-12H2,1-2H3. The van der Waals surface area contributed by atoms with E-state index in [1.54, 1.807) is 36.4 Å². The first-order chi connectivity index (χ1) is 12.6. The van der Waals surface area contributed by atoms with Crippen LogP contribution in [-0.4, -0.2) is 45.5 Å². The Kier molecular flexibility index (Phi) is 6.73. The first-order valence-corrected chi connectivity index (χ1v) is 7.67. The summed E-state index contributed by atoms with van der Waals surface area (Å²) in [7, 11) is 2.91. The van der Waals surface area contributed by atoms with Gasteiger partial charge in [0.25, 0.3) is 0 Å². The Hall–Kier alpha value is -3.35. The number of carbonyl (C=O) groups is 3. The molecule has 7 nitrogen and oxygen atoms in total. The van der Waals surface area contributed by atoms with Crippen molar-refractivity contribution in [2.24, 2.45) is 0 Å². The second-order valence-electron chi connectivity index (χ2n) is 5.09. The fraction of sp³-hybridized carbons (Fsp3) is 0.211. The van der Waals surface area contributed by atoms with Crippen molar-refractivity contribution >= 4 is 18.0 Å². The van der Waals surface area contributed by atoms with Gasteiger partial charge in [-0.05, 0) is 30.3 Å². The molecule has 0 atom stereocenters. The lowest BCUT2D eigenvalue weighted by atomic mass is 10.1. The van der Waals surface area contributed by atoms with Crippen LogP contribution in [0.3, 0.4) is 0 Å². The van der Waals surface area contributed by atoms with Gasteiger partial charge < -0.3 is 18.9 Å². The summed E-state index contributed by atoms with van der Waals surface area (Å²) in [5.41, 5.74) is 0.560. The Morgan fingerprint density at radius 1 is 0.962 bits per heavy atom. The molecule has 0 fully saturated rings. The van der Waals surface area contributed by atoms with Crippen LogP contribution >= 0.6 is 0 Å². The first kappa shape index (κ1) is 19.0. The molecule has 0 saturated carbocycles. The molecular formula is C19H18O7. The molecule has 0 amide bonds. The van der Waals surface area contributed by atoms with Gasteiger partial charge in [0.15, 0.2) is 19.5 Å². The van der Waals surface area contributed by atoms with Gasteiger partial charge in [-0.15, -0.1) is 0 Å². The van der Waals surface area contributed by atoms with Gasteiger partial charge in [0, 0.05) is 0 Å². The molecular weight excluding hydrogens is 340 g/mol. The number of esters is 1. The molecule has 0 N–H and O–H groups in total. The maximum absolute atomic E-state index is 12.3. The van der Waals surface area contributed by atoms with E-state index in [-0.39, 0.29) is 11.3 Å². The molecule has 7 heteroatoms. The second-order valence-corrected chi connectivity index (χ2v) is 5.09. The number of benzene rings is 2. The van der Waals surface area contributed by atoms with Crippen molar-refractivity contribution in [1.82, 2.24) is 0 Å². The van der Waals surface area contributed by atoms with Crippen LogP contribution in [0.1, 0.15) is 20.7 Å². The second kappa shape index (κ2) is 9.22. The fourth-order valence-corrected chi connectivity index (χ4v) is 2.14. The summed E-state index contributed by atoms with van der Waals surface area (Å²) in [6.45, 7) is -0.894. The lowest BCUT2D eigenvalue weighted by Crippen LogP contribution is -2.20. The van der Waals surface area contributed by atoms with Crippen LogP contribution < -0.4 is 14.2 Å². The summed E-state index contributed by atoms with van der Waals surface area (Å²) < 4.78 is 20.4. The van der Waals surface area contributed by atoms with Crippen LogP contribution in [0.2, 0.25) is 0 Å². The number of ketones is 1. The molecule has 0 aliphatic heterocycles. The highest BCUT2D eigenvalue weighted by Crippen LogP contribution is 2.24. The van der Waals surface area contributed by atoms with E-state index >= 15 is 0 Å². The Balaban J connectivity index is 1.93. The van der Waals surface area contributed by atoms with Gasteiger partial charge in [-0.2, -0.15) is 0 Å². The summed E-state index contributed by atoms with van der Waals surface area (Å²) in [5.74, 6) is -0.0826. The van der Waals surface area contributed by atoms with Crippen molar-refractivity contribution < 1.29 is 33.3 Å². The summed E-state index contributed by atoms with van der Waals surface area (Å²) in [6.07, 6.45) is 0.624. The summed E-state index contributed by atoms with van der Waals surface area (Å²) in [6, 6.07) is 11.2. The molecule has 2 rings (SSSR count). The molecule has 136 valence electrons. The van der Waals surface area contributed by atoms with Crippen molar-refractivity contribution in [1.29, 1.82) is 0 Å². The minimum atomic E-state index is -0.735. The first-order valence-electron chi connectivity index (χ1n) is 7.67. The van der Waals surface area contributed by atoms with Crippen LogP contribution in [0.5, 0.6) is 17.2 Å². The van der Waals surface area contributed by atoms with E-state index in [9.17, 15) is 14.4 Å². The van der Waals surface area contributed by atoms with Gasteiger partial charge in [-0.3, -0.25) is 9.59 Å². The molecule has 0 radical (unpaired) electrons. The van der Waals surface area contributed by atoms with E-state index in [1.165, 1.54) is 20.3 Å². The topological polar surface area (TPSA) is 88.1 Å². The molecule has 0 aliphatic rings. The summed E-state index contributed by atoms with van der Waals surface area (Å²) in [5, 5.41) is 0. The molecule has 0 saturated heterocycles. The molecule has 0 spiro atoms. The maximum atomic E-state index is 12.3. The Morgan fingerprint density at radius 3 is 2.42 bits per heavy atom. The molecule has 0 bridgehead atoms. The van der Waals surface area contributed by atoms with Gasteiger partial charge in [0.1, 0.15) is 17.2 Å². The average Bonchev–Trinajstić information content (AvgIpc) is 2.69. The minimum absolute atomic E-state index is 0.242. The van der Waals surface area contributed by atoms with Crippen LogP contribution in [0.15, 0.2) is 42.5 Å². The fourth-order valence-electron chi connectivity index (χ4n) is 2.14. The molecule has 0 unspecified atom stereocenters.